The molecule has 0 amide bonds. The number of fused-ring (bicyclic) bond motifs is 3. The van der Waals surface area contributed by atoms with Gasteiger partial charge in [0.25, 0.3) is 0 Å². The average Bonchev–Trinajstić information content (AvgIpc) is 3.54. The first-order valence-electron chi connectivity index (χ1n) is 10.5. The number of rotatable bonds is 4. The Morgan fingerprint density at radius 2 is 1.77 bits per heavy atom. The van der Waals surface area contributed by atoms with E-state index in [0.29, 0.717) is 18.1 Å². The predicted octanol–water partition coefficient (Wildman–Crippen LogP) is 3.13. The molecule has 5 heterocycles. The molecule has 2 fully saturated rings. The first-order chi connectivity index (χ1) is 14.8. The first-order valence-corrected chi connectivity index (χ1v) is 10.5. The topological polar surface area (TPSA) is 98.4 Å². The molecule has 0 saturated carbocycles. The van der Waals surface area contributed by atoms with E-state index in [0.717, 1.165) is 39.1 Å². The Morgan fingerprint density at radius 3 is 2.50 bits per heavy atom. The van der Waals surface area contributed by atoms with E-state index >= 15 is 0 Å². The van der Waals surface area contributed by atoms with Crippen LogP contribution in [0, 0.1) is 0 Å². The van der Waals surface area contributed by atoms with E-state index in [4.69, 9.17) is 0 Å². The van der Waals surface area contributed by atoms with Crippen molar-refractivity contribution >= 4 is 16.7 Å². The summed E-state index contributed by atoms with van der Waals surface area (Å²) in [6, 6.07) is 10.1. The quantitative estimate of drug-likeness (QED) is 0.487. The Balaban J connectivity index is 1.30. The molecule has 2 aliphatic rings. The number of H-pyrrole nitrogens is 2. The highest BCUT2D eigenvalue weighted by Gasteiger charge is 2.35. The lowest BCUT2D eigenvalue weighted by molar-refractivity contribution is 0.353. The summed E-state index contributed by atoms with van der Waals surface area (Å²) >= 11 is 0. The van der Waals surface area contributed by atoms with E-state index in [1.807, 2.05) is 18.6 Å². The molecular weight excluding hydrogens is 376 g/mol. The zero-order valence-electron chi connectivity index (χ0n) is 16.8. The van der Waals surface area contributed by atoms with Gasteiger partial charge >= 0.3 is 0 Å². The van der Waals surface area contributed by atoms with Crippen LogP contribution < -0.4 is 10.2 Å². The van der Waals surface area contributed by atoms with Crippen LogP contribution in [0.5, 0.6) is 0 Å². The van der Waals surface area contributed by atoms with Crippen LogP contribution in [0.4, 0.5) is 5.82 Å². The van der Waals surface area contributed by atoms with Crippen molar-refractivity contribution in [3.8, 4) is 22.4 Å². The van der Waals surface area contributed by atoms with E-state index in [2.05, 4.69) is 72.1 Å². The minimum absolute atomic E-state index is 0.525. The van der Waals surface area contributed by atoms with E-state index in [-0.39, 0.29) is 0 Å². The summed E-state index contributed by atoms with van der Waals surface area (Å²) in [5.74, 6) is 0.931. The Labute approximate surface area is 174 Å². The molecule has 4 aromatic rings. The Bertz CT molecular complexity index is 1150. The Morgan fingerprint density at radius 1 is 0.933 bits per heavy atom. The fourth-order valence-electron chi connectivity index (χ4n) is 5.09. The van der Waals surface area contributed by atoms with Gasteiger partial charge in [-0.3, -0.25) is 10.2 Å². The monoisotopic (exact) mass is 400 g/mol. The van der Waals surface area contributed by atoms with E-state index in [1.54, 1.807) is 0 Å². The molecule has 0 aliphatic carbocycles. The fourth-order valence-corrected chi connectivity index (χ4v) is 5.09. The van der Waals surface area contributed by atoms with Gasteiger partial charge in [-0.2, -0.15) is 10.2 Å². The van der Waals surface area contributed by atoms with Gasteiger partial charge in [0.1, 0.15) is 0 Å². The number of aromatic nitrogens is 6. The summed E-state index contributed by atoms with van der Waals surface area (Å²) in [4.78, 5) is 2.30. The highest BCUT2D eigenvalue weighted by atomic mass is 15.3. The molecule has 6 rings (SSSR count). The van der Waals surface area contributed by atoms with Crippen molar-refractivity contribution in [3.05, 3.63) is 42.9 Å². The minimum Gasteiger partial charge on any atom is -0.355 e. The van der Waals surface area contributed by atoms with Gasteiger partial charge in [-0.25, -0.2) is 0 Å². The average molecular weight is 400 g/mol. The first kappa shape index (κ1) is 17.6. The summed E-state index contributed by atoms with van der Waals surface area (Å²) in [5, 5.41) is 28.2. The fraction of sp³-hybridized carbons (Fsp3) is 0.364. The lowest BCUT2D eigenvalue weighted by Crippen LogP contribution is -2.47. The number of piperidine rings is 1. The second-order valence-electron chi connectivity index (χ2n) is 8.46. The second kappa shape index (κ2) is 6.91. The van der Waals surface area contributed by atoms with Gasteiger partial charge in [-0.05, 0) is 49.4 Å². The third kappa shape index (κ3) is 2.87. The van der Waals surface area contributed by atoms with Crippen LogP contribution in [0.3, 0.4) is 0 Å². The number of hydrogen-bond donors (Lipinski definition) is 3. The normalized spacial score (nSPS) is 23.2. The third-order valence-electron chi connectivity index (χ3n) is 6.71. The van der Waals surface area contributed by atoms with Crippen LogP contribution in [0.15, 0.2) is 42.9 Å². The van der Waals surface area contributed by atoms with Crippen molar-refractivity contribution in [2.45, 2.75) is 43.8 Å². The van der Waals surface area contributed by atoms with Crippen molar-refractivity contribution in [1.82, 2.24) is 35.9 Å². The van der Waals surface area contributed by atoms with Crippen molar-refractivity contribution in [1.29, 1.82) is 0 Å². The molecular formula is C22H24N8. The van der Waals surface area contributed by atoms with E-state index < -0.39 is 0 Å². The molecule has 3 N–H and O–H groups in total. The molecule has 8 nitrogen and oxygen atoms in total. The molecule has 2 bridgehead atoms. The van der Waals surface area contributed by atoms with Crippen LogP contribution in [-0.2, 0) is 0 Å². The van der Waals surface area contributed by atoms with E-state index in [1.165, 1.54) is 25.7 Å². The number of benzene rings is 1. The maximum absolute atomic E-state index is 4.57. The van der Waals surface area contributed by atoms with Gasteiger partial charge in [0, 0.05) is 47.9 Å². The molecule has 3 aromatic heterocycles. The molecule has 8 heteroatoms. The van der Waals surface area contributed by atoms with Gasteiger partial charge in [0.05, 0.1) is 23.6 Å². The largest absolute Gasteiger partial charge is 0.355 e. The van der Waals surface area contributed by atoms with Gasteiger partial charge in [0.15, 0.2) is 5.82 Å². The second-order valence-corrected chi connectivity index (χ2v) is 8.46. The lowest BCUT2D eigenvalue weighted by Gasteiger charge is -2.36. The molecule has 30 heavy (non-hydrogen) atoms. The zero-order chi connectivity index (χ0) is 20.1. The third-order valence-corrected chi connectivity index (χ3v) is 6.71. The van der Waals surface area contributed by atoms with E-state index in [9.17, 15) is 0 Å². The maximum Gasteiger partial charge on any atom is 0.151 e. The number of nitrogens with one attached hydrogen (secondary N) is 3. The number of nitrogens with zero attached hydrogens (tertiary/aromatic N) is 5. The highest BCUT2D eigenvalue weighted by Crippen LogP contribution is 2.34. The van der Waals surface area contributed by atoms with Crippen molar-refractivity contribution in [2.75, 3.05) is 11.9 Å². The molecule has 1 aromatic carbocycles. The van der Waals surface area contributed by atoms with Crippen molar-refractivity contribution in [2.24, 2.45) is 0 Å². The number of hydrogen-bond acceptors (Lipinski definition) is 6. The van der Waals surface area contributed by atoms with Gasteiger partial charge < -0.3 is 10.2 Å². The molecule has 0 unspecified atom stereocenters. The predicted molar refractivity (Wildman–Crippen MR) is 116 cm³/mol. The van der Waals surface area contributed by atoms with Gasteiger partial charge in [-0.15, -0.1) is 10.2 Å². The highest BCUT2D eigenvalue weighted by molar-refractivity contribution is 6.01. The summed E-state index contributed by atoms with van der Waals surface area (Å²) in [5.41, 5.74) is 4.91. The van der Waals surface area contributed by atoms with Crippen LogP contribution in [0.1, 0.15) is 25.7 Å². The molecule has 152 valence electrons. The summed E-state index contributed by atoms with van der Waals surface area (Å²) in [6.45, 7) is 0. The van der Waals surface area contributed by atoms with Crippen LogP contribution in [-0.4, -0.2) is 55.8 Å². The maximum atomic E-state index is 4.57. The van der Waals surface area contributed by atoms with Crippen molar-refractivity contribution < 1.29 is 0 Å². The molecule has 2 aliphatic heterocycles. The molecule has 0 radical (unpaired) electrons. The number of anilines is 1. The smallest absolute Gasteiger partial charge is 0.151 e. The van der Waals surface area contributed by atoms with Crippen molar-refractivity contribution in [3.63, 3.8) is 0 Å². The summed E-state index contributed by atoms with van der Waals surface area (Å²) in [6.07, 6.45) is 10.5. The molecule has 0 spiro atoms. The summed E-state index contributed by atoms with van der Waals surface area (Å²) in [7, 11) is 2.14. The van der Waals surface area contributed by atoms with Crippen LogP contribution >= 0.6 is 0 Å². The van der Waals surface area contributed by atoms with Gasteiger partial charge in [-0.1, -0.05) is 6.07 Å². The minimum atomic E-state index is 0.525. The van der Waals surface area contributed by atoms with Crippen LogP contribution in [0.2, 0.25) is 0 Å². The SMILES string of the molecule is CN(c1ccc(-c2ccc(-c3cn[nH]c3)c3cn[nH]c23)nn1)[C@@H]1C[C@H]2CC[C@@H](C1)N2. The standard InChI is InChI=1S/C22H24N8/c1-30(16-8-14-2-3-15(9-16)26-14)21-7-6-20(27-28-21)18-5-4-17(13-10-23-24-11-13)19-12-25-29-22(18)19/h4-7,10-12,14-16,26H,2-3,8-9H2,1H3,(H,23,24)(H,25,29)/t14-,15+,16-. The molecule has 2 saturated heterocycles. The van der Waals surface area contributed by atoms with Gasteiger partial charge in [0.2, 0.25) is 0 Å². The Hall–Kier alpha value is -3.26. The summed E-state index contributed by atoms with van der Waals surface area (Å²) < 4.78 is 0. The zero-order valence-corrected chi connectivity index (χ0v) is 16.8. The lowest BCUT2D eigenvalue weighted by atomic mass is 9.98. The Kier molecular flexibility index (Phi) is 4.05. The van der Waals surface area contributed by atoms with Crippen LogP contribution in [0.25, 0.3) is 33.3 Å². The number of aromatic amines is 2. The molecule has 3 atom stereocenters.